The van der Waals surface area contributed by atoms with Crippen LogP contribution >= 0.6 is 0 Å². The van der Waals surface area contributed by atoms with E-state index in [1.165, 1.54) is 12.0 Å². The maximum absolute atomic E-state index is 5.26. The third-order valence-corrected chi connectivity index (χ3v) is 2.34. The Bertz CT molecular complexity index is 268. The van der Waals surface area contributed by atoms with E-state index in [0.29, 0.717) is 6.04 Å². The van der Waals surface area contributed by atoms with E-state index in [0.717, 1.165) is 12.3 Å². The van der Waals surface area contributed by atoms with Crippen molar-refractivity contribution in [2.24, 2.45) is 0 Å². The first kappa shape index (κ1) is 7.62. The molecule has 1 aromatic carbocycles. The molecule has 0 bridgehead atoms. The van der Waals surface area contributed by atoms with Gasteiger partial charge in [-0.15, -0.1) is 0 Å². The Hall–Kier alpha value is -1.02. The Morgan fingerprint density at radius 2 is 2.17 bits per heavy atom. The first-order valence-electron chi connectivity index (χ1n) is 4.28. The van der Waals surface area contributed by atoms with Crippen LogP contribution in [0.2, 0.25) is 0 Å². The lowest BCUT2D eigenvalue weighted by atomic mass is 9.97. The van der Waals surface area contributed by atoms with Crippen molar-refractivity contribution in [2.45, 2.75) is 12.5 Å². The van der Waals surface area contributed by atoms with E-state index in [-0.39, 0.29) is 0 Å². The summed E-state index contributed by atoms with van der Waals surface area (Å²) in [5.74, 6) is 0.995. The van der Waals surface area contributed by atoms with Crippen LogP contribution in [0.25, 0.3) is 0 Å². The molecule has 0 saturated carbocycles. The zero-order valence-corrected chi connectivity index (χ0v) is 7.21. The van der Waals surface area contributed by atoms with Gasteiger partial charge >= 0.3 is 0 Å². The molecule has 1 unspecified atom stereocenters. The lowest BCUT2D eigenvalue weighted by Gasteiger charge is -2.29. The van der Waals surface area contributed by atoms with Gasteiger partial charge in [-0.2, -0.15) is 0 Å². The number of nitrogens with one attached hydrogen (secondary N) is 1. The fourth-order valence-electron chi connectivity index (χ4n) is 1.51. The van der Waals surface area contributed by atoms with E-state index >= 15 is 0 Å². The van der Waals surface area contributed by atoms with Crippen LogP contribution in [0.15, 0.2) is 24.3 Å². The zero-order valence-electron chi connectivity index (χ0n) is 7.21. The second kappa shape index (κ2) is 3.15. The number of hydrogen-bond donors (Lipinski definition) is 1. The SMILES string of the molecule is COc1ccccc1C1CCN1. The molecule has 0 aromatic heterocycles. The van der Waals surface area contributed by atoms with Gasteiger partial charge in [0.2, 0.25) is 0 Å². The molecule has 1 fully saturated rings. The molecule has 1 aliphatic heterocycles. The molecule has 1 N–H and O–H groups in total. The number of methoxy groups -OCH3 is 1. The highest BCUT2D eigenvalue weighted by atomic mass is 16.5. The summed E-state index contributed by atoms with van der Waals surface area (Å²) < 4.78 is 5.26. The summed E-state index contributed by atoms with van der Waals surface area (Å²) in [4.78, 5) is 0. The topological polar surface area (TPSA) is 21.3 Å². The van der Waals surface area contributed by atoms with Crippen LogP contribution in [0.4, 0.5) is 0 Å². The van der Waals surface area contributed by atoms with Crippen LogP contribution < -0.4 is 10.1 Å². The van der Waals surface area contributed by atoms with E-state index in [2.05, 4.69) is 17.4 Å². The Balaban J connectivity index is 2.27. The van der Waals surface area contributed by atoms with Gasteiger partial charge in [-0.05, 0) is 19.0 Å². The molecule has 0 aliphatic carbocycles. The highest BCUT2D eigenvalue weighted by Crippen LogP contribution is 2.30. The van der Waals surface area contributed by atoms with Crippen LogP contribution in [-0.4, -0.2) is 13.7 Å². The molecule has 0 radical (unpaired) electrons. The Morgan fingerprint density at radius 1 is 1.42 bits per heavy atom. The van der Waals surface area contributed by atoms with Crippen LogP contribution in [-0.2, 0) is 0 Å². The molecule has 1 saturated heterocycles. The highest BCUT2D eigenvalue weighted by Gasteiger charge is 2.20. The first-order chi connectivity index (χ1) is 5.92. The predicted molar refractivity (Wildman–Crippen MR) is 48.4 cm³/mol. The van der Waals surface area contributed by atoms with Crippen molar-refractivity contribution in [1.82, 2.24) is 5.32 Å². The van der Waals surface area contributed by atoms with Gasteiger partial charge in [-0.25, -0.2) is 0 Å². The van der Waals surface area contributed by atoms with E-state index in [1.54, 1.807) is 7.11 Å². The van der Waals surface area contributed by atoms with Crippen molar-refractivity contribution in [1.29, 1.82) is 0 Å². The molecular weight excluding hydrogens is 150 g/mol. The van der Waals surface area contributed by atoms with Crippen LogP contribution in [0.3, 0.4) is 0 Å². The van der Waals surface area contributed by atoms with Gasteiger partial charge in [0.15, 0.2) is 0 Å². The molecule has 1 atom stereocenters. The Morgan fingerprint density at radius 3 is 2.75 bits per heavy atom. The fourth-order valence-corrected chi connectivity index (χ4v) is 1.51. The van der Waals surface area contributed by atoms with Gasteiger partial charge < -0.3 is 10.1 Å². The number of hydrogen-bond acceptors (Lipinski definition) is 2. The van der Waals surface area contributed by atoms with E-state index < -0.39 is 0 Å². The summed E-state index contributed by atoms with van der Waals surface area (Å²) in [6, 6.07) is 8.70. The predicted octanol–water partition coefficient (Wildman–Crippen LogP) is 1.73. The average Bonchev–Trinajstić information content (AvgIpc) is 2.02. The molecule has 12 heavy (non-hydrogen) atoms. The minimum absolute atomic E-state index is 0.515. The van der Waals surface area contributed by atoms with Crippen molar-refractivity contribution in [2.75, 3.05) is 13.7 Å². The minimum atomic E-state index is 0.515. The number of ether oxygens (including phenoxy) is 1. The molecule has 2 heteroatoms. The van der Waals surface area contributed by atoms with E-state index in [4.69, 9.17) is 4.74 Å². The highest BCUT2D eigenvalue weighted by molar-refractivity contribution is 5.36. The van der Waals surface area contributed by atoms with Crippen LogP contribution in [0.5, 0.6) is 5.75 Å². The third kappa shape index (κ3) is 1.18. The third-order valence-electron chi connectivity index (χ3n) is 2.34. The summed E-state index contributed by atoms with van der Waals surface area (Å²) in [6.07, 6.45) is 1.22. The summed E-state index contributed by atoms with van der Waals surface area (Å²) in [7, 11) is 1.72. The first-order valence-corrected chi connectivity index (χ1v) is 4.28. The van der Waals surface area contributed by atoms with Gasteiger partial charge in [-0.3, -0.25) is 0 Å². The lowest BCUT2D eigenvalue weighted by Crippen LogP contribution is -2.35. The maximum Gasteiger partial charge on any atom is 0.123 e. The van der Waals surface area contributed by atoms with E-state index in [1.807, 2.05) is 12.1 Å². The normalized spacial score (nSPS) is 21.6. The smallest absolute Gasteiger partial charge is 0.123 e. The fraction of sp³-hybridized carbons (Fsp3) is 0.400. The van der Waals surface area contributed by atoms with Crippen molar-refractivity contribution in [3.05, 3.63) is 29.8 Å². The van der Waals surface area contributed by atoms with Gasteiger partial charge in [0, 0.05) is 11.6 Å². The molecule has 0 amide bonds. The van der Waals surface area contributed by atoms with E-state index in [9.17, 15) is 0 Å². The molecule has 0 spiro atoms. The standard InChI is InChI=1S/C10H13NO/c1-12-10-5-3-2-4-8(10)9-6-7-11-9/h2-5,9,11H,6-7H2,1H3. The molecule has 1 heterocycles. The quantitative estimate of drug-likeness (QED) is 0.717. The second-order valence-electron chi connectivity index (χ2n) is 3.04. The van der Waals surface area contributed by atoms with Crippen molar-refractivity contribution in [3.63, 3.8) is 0 Å². The summed E-state index contributed by atoms with van der Waals surface area (Å²) in [5.41, 5.74) is 1.28. The minimum Gasteiger partial charge on any atom is -0.496 e. The molecule has 2 rings (SSSR count). The largest absolute Gasteiger partial charge is 0.496 e. The summed E-state index contributed by atoms with van der Waals surface area (Å²) in [5, 5.41) is 3.36. The number of benzene rings is 1. The number of para-hydroxylation sites is 1. The van der Waals surface area contributed by atoms with Crippen molar-refractivity contribution < 1.29 is 4.74 Å². The molecule has 64 valence electrons. The van der Waals surface area contributed by atoms with Crippen LogP contribution in [0.1, 0.15) is 18.0 Å². The monoisotopic (exact) mass is 163 g/mol. The van der Waals surface area contributed by atoms with Gasteiger partial charge in [0.1, 0.15) is 5.75 Å². The molecule has 1 aliphatic rings. The summed E-state index contributed by atoms with van der Waals surface area (Å²) in [6.45, 7) is 1.13. The molecule has 1 aromatic rings. The second-order valence-corrected chi connectivity index (χ2v) is 3.04. The van der Waals surface area contributed by atoms with Gasteiger partial charge in [0.05, 0.1) is 7.11 Å². The zero-order chi connectivity index (χ0) is 8.39. The maximum atomic E-state index is 5.26. The summed E-state index contributed by atoms with van der Waals surface area (Å²) >= 11 is 0. The lowest BCUT2D eigenvalue weighted by molar-refractivity contribution is 0.353. The van der Waals surface area contributed by atoms with Gasteiger partial charge in [0.25, 0.3) is 0 Å². The Kier molecular flexibility index (Phi) is 2.00. The van der Waals surface area contributed by atoms with Crippen molar-refractivity contribution in [3.8, 4) is 5.75 Å². The van der Waals surface area contributed by atoms with Gasteiger partial charge in [-0.1, -0.05) is 18.2 Å². The van der Waals surface area contributed by atoms with Crippen LogP contribution in [0, 0.1) is 0 Å². The number of rotatable bonds is 2. The average molecular weight is 163 g/mol. The molecule has 2 nitrogen and oxygen atoms in total. The Labute approximate surface area is 72.5 Å². The van der Waals surface area contributed by atoms with Crippen molar-refractivity contribution >= 4 is 0 Å². The molecular formula is C10H13NO.